The maximum atomic E-state index is 12.7. The van der Waals surface area contributed by atoms with Gasteiger partial charge in [0.25, 0.3) is 0 Å². The van der Waals surface area contributed by atoms with Crippen LogP contribution in [0, 0.1) is 0 Å². The van der Waals surface area contributed by atoms with Crippen LogP contribution in [-0.4, -0.2) is 32.2 Å². The Balaban J connectivity index is 1.81. The Morgan fingerprint density at radius 2 is 1.61 bits per heavy atom. The number of carbonyl (C=O) groups is 1. The van der Waals surface area contributed by atoms with Crippen LogP contribution in [0.5, 0.6) is 28.7 Å². The number of benzene rings is 3. The molecule has 3 rings (SSSR count). The molecule has 0 bridgehead atoms. The van der Waals surface area contributed by atoms with E-state index in [1.807, 2.05) is 36.4 Å². The predicted octanol–water partition coefficient (Wildman–Crippen LogP) is 4.89. The van der Waals surface area contributed by atoms with E-state index in [9.17, 15) is 9.90 Å². The lowest BCUT2D eigenvalue weighted by molar-refractivity contribution is 0.104. The maximum Gasteiger partial charge on any atom is 0.193 e. The zero-order valence-electron chi connectivity index (χ0n) is 17.6. The van der Waals surface area contributed by atoms with E-state index in [0.29, 0.717) is 23.9 Å². The van der Waals surface area contributed by atoms with Crippen molar-refractivity contribution in [2.45, 2.75) is 6.61 Å². The molecule has 0 spiro atoms. The van der Waals surface area contributed by atoms with E-state index in [0.717, 1.165) is 11.1 Å². The smallest absolute Gasteiger partial charge is 0.193 e. The maximum absolute atomic E-state index is 12.7. The highest BCUT2D eigenvalue weighted by molar-refractivity contribution is 6.10. The molecule has 0 radical (unpaired) electrons. The van der Waals surface area contributed by atoms with Gasteiger partial charge in [-0.3, -0.25) is 4.79 Å². The molecule has 0 aromatic heterocycles. The van der Waals surface area contributed by atoms with E-state index in [-0.39, 0.29) is 17.1 Å². The molecule has 0 atom stereocenters. The van der Waals surface area contributed by atoms with E-state index in [4.69, 9.17) is 18.9 Å². The molecule has 6 heteroatoms. The number of phenolic OH excluding ortho intramolecular Hbond substituents is 1. The number of hydrogen-bond donors (Lipinski definition) is 1. The fraction of sp³-hybridized carbons (Fsp3) is 0.160. The molecule has 0 aliphatic heterocycles. The minimum Gasteiger partial charge on any atom is -0.507 e. The quantitative estimate of drug-likeness (QED) is 0.392. The van der Waals surface area contributed by atoms with Gasteiger partial charge in [0.05, 0.1) is 21.3 Å². The number of hydrogen-bond acceptors (Lipinski definition) is 6. The number of ketones is 1. The van der Waals surface area contributed by atoms with Crippen LogP contribution in [0.3, 0.4) is 0 Å². The third-order valence-corrected chi connectivity index (χ3v) is 4.61. The lowest BCUT2D eigenvalue weighted by Gasteiger charge is -2.12. The summed E-state index contributed by atoms with van der Waals surface area (Å²) in [7, 11) is 4.47. The number of rotatable bonds is 9. The third kappa shape index (κ3) is 5.36. The predicted molar refractivity (Wildman–Crippen MR) is 118 cm³/mol. The highest BCUT2D eigenvalue weighted by Crippen LogP contribution is 2.34. The fourth-order valence-electron chi connectivity index (χ4n) is 3.00. The normalized spacial score (nSPS) is 10.7. The van der Waals surface area contributed by atoms with Gasteiger partial charge in [-0.05, 0) is 29.3 Å². The third-order valence-electron chi connectivity index (χ3n) is 4.61. The highest BCUT2D eigenvalue weighted by Gasteiger charge is 2.17. The van der Waals surface area contributed by atoms with Gasteiger partial charge in [0.15, 0.2) is 17.3 Å². The molecular weight excluding hydrogens is 396 g/mol. The molecule has 160 valence electrons. The average Bonchev–Trinajstić information content (AvgIpc) is 2.81. The van der Waals surface area contributed by atoms with Crippen LogP contribution in [0.2, 0.25) is 0 Å². The summed E-state index contributed by atoms with van der Waals surface area (Å²) in [6.07, 6.45) is 3.01. The van der Waals surface area contributed by atoms with Gasteiger partial charge in [0.1, 0.15) is 29.4 Å². The summed E-state index contributed by atoms with van der Waals surface area (Å²) >= 11 is 0. The summed E-state index contributed by atoms with van der Waals surface area (Å²) in [5, 5.41) is 10.2. The van der Waals surface area contributed by atoms with Crippen molar-refractivity contribution in [3.05, 3.63) is 83.4 Å². The van der Waals surface area contributed by atoms with Gasteiger partial charge in [0, 0.05) is 12.1 Å². The van der Waals surface area contributed by atoms with Crippen LogP contribution < -0.4 is 18.9 Å². The Kier molecular flexibility index (Phi) is 7.17. The molecule has 0 fully saturated rings. The summed E-state index contributed by atoms with van der Waals surface area (Å²) in [6, 6.07) is 18.1. The molecule has 0 aliphatic carbocycles. The minimum absolute atomic E-state index is 0.0635. The summed E-state index contributed by atoms with van der Waals surface area (Å²) in [5.74, 6) is 1.16. The topological polar surface area (TPSA) is 74.2 Å². The van der Waals surface area contributed by atoms with E-state index < -0.39 is 5.78 Å². The molecular formula is C25H24O6. The van der Waals surface area contributed by atoms with Crippen molar-refractivity contribution in [1.82, 2.24) is 0 Å². The van der Waals surface area contributed by atoms with E-state index in [1.54, 1.807) is 31.4 Å². The SMILES string of the molecule is COc1cc(O)c(C(=O)C=Cc2ccc(OC)c(OCc3ccccc3)c2)c(OC)c1. The Morgan fingerprint density at radius 3 is 2.29 bits per heavy atom. The first kappa shape index (κ1) is 21.8. The number of allylic oxidation sites excluding steroid dienone is 1. The van der Waals surface area contributed by atoms with Crippen LogP contribution in [0.1, 0.15) is 21.5 Å². The number of ether oxygens (including phenoxy) is 4. The van der Waals surface area contributed by atoms with Crippen LogP contribution in [0.4, 0.5) is 0 Å². The van der Waals surface area contributed by atoms with Crippen LogP contribution in [0.25, 0.3) is 6.08 Å². The van der Waals surface area contributed by atoms with Crippen LogP contribution >= 0.6 is 0 Å². The highest BCUT2D eigenvalue weighted by atomic mass is 16.5. The standard InChI is InChI=1S/C25H24O6/c1-28-19-14-21(27)25(24(15-19)30-3)20(26)11-9-17-10-12-22(29-2)23(13-17)31-16-18-7-5-4-6-8-18/h4-15,27H,16H2,1-3H3. The molecule has 31 heavy (non-hydrogen) atoms. The number of carbonyl (C=O) groups excluding carboxylic acids is 1. The summed E-state index contributed by atoms with van der Waals surface area (Å²) in [6.45, 7) is 0.389. The zero-order valence-corrected chi connectivity index (χ0v) is 17.6. The van der Waals surface area contributed by atoms with Crippen molar-refractivity contribution in [2.24, 2.45) is 0 Å². The van der Waals surface area contributed by atoms with Crippen molar-refractivity contribution in [3.63, 3.8) is 0 Å². The molecule has 6 nitrogen and oxygen atoms in total. The summed E-state index contributed by atoms with van der Waals surface area (Å²) < 4.78 is 21.6. The van der Waals surface area contributed by atoms with Crippen LogP contribution in [-0.2, 0) is 6.61 Å². The summed E-state index contributed by atoms with van der Waals surface area (Å²) in [4.78, 5) is 12.7. The van der Waals surface area contributed by atoms with Gasteiger partial charge >= 0.3 is 0 Å². The van der Waals surface area contributed by atoms with Gasteiger partial charge < -0.3 is 24.1 Å². The Hall–Kier alpha value is -3.93. The minimum atomic E-state index is -0.403. The molecule has 0 saturated carbocycles. The van der Waals surface area contributed by atoms with E-state index >= 15 is 0 Å². The van der Waals surface area contributed by atoms with Crippen molar-refractivity contribution in [1.29, 1.82) is 0 Å². The lowest BCUT2D eigenvalue weighted by Crippen LogP contribution is -2.01. The van der Waals surface area contributed by atoms with Crippen molar-refractivity contribution in [2.75, 3.05) is 21.3 Å². The van der Waals surface area contributed by atoms with Crippen molar-refractivity contribution >= 4 is 11.9 Å². The second-order valence-electron chi connectivity index (χ2n) is 6.61. The Bertz CT molecular complexity index is 1070. The second-order valence-corrected chi connectivity index (χ2v) is 6.61. The van der Waals surface area contributed by atoms with E-state index in [2.05, 4.69) is 0 Å². The Labute approximate surface area is 181 Å². The molecule has 0 amide bonds. The molecule has 0 saturated heterocycles. The monoisotopic (exact) mass is 420 g/mol. The Morgan fingerprint density at radius 1 is 0.871 bits per heavy atom. The van der Waals surface area contributed by atoms with Gasteiger partial charge in [-0.2, -0.15) is 0 Å². The zero-order chi connectivity index (χ0) is 22.2. The van der Waals surface area contributed by atoms with Crippen molar-refractivity contribution in [3.8, 4) is 28.7 Å². The summed E-state index contributed by atoms with van der Waals surface area (Å²) in [5.41, 5.74) is 1.83. The van der Waals surface area contributed by atoms with E-state index in [1.165, 1.54) is 26.4 Å². The van der Waals surface area contributed by atoms with Gasteiger partial charge in [0.2, 0.25) is 0 Å². The first-order valence-corrected chi connectivity index (χ1v) is 9.58. The van der Waals surface area contributed by atoms with Crippen molar-refractivity contribution < 1.29 is 28.8 Å². The molecule has 3 aromatic rings. The second kappa shape index (κ2) is 10.2. The number of phenols is 1. The average molecular weight is 420 g/mol. The van der Waals surface area contributed by atoms with Crippen LogP contribution in [0.15, 0.2) is 66.7 Å². The van der Waals surface area contributed by atoms with Gasteiger partial charge in [-0.15, -0.1) is 0 Å². The lowest BCUT2D eigenvalue weighted by atomic mass is 10.1. The molecule has 0 heterocycles. The molecule has 0 aliphatic rings. The fourth-order valence-corrected chi connectivity index (χ4v) is 3.00. The van der Waals surface area contributed by atoms with Gasteiger partial charge in [-0.1, -0.05) is 42.5 Å². The molecule has 1 N–H and O–H groups in total. The number of methoxy groups -OCH3 is 3. The molecule has 3 aromatic carbocycles. The van der Waals surface area contributed by atoms with Gasteiger partial charge in [-0.25, -0.2) is 0 Å². The first-order valence-electron chi connectivity index (χ1n) is 9.58. The number of aromatic hydroxyl groups is 1. The largest absolute Gasteiger partial charge is 0.507 e. The molecule has 0 unspecified atom stereocenters. The first-order chi connectivity index (χ1) is 15.0.